The monoisotopic (exact) mass is 292 g/mol. The summed E-state index contributed by atoms with van der Waals surface area (Å²) >= 11 is 0. The van der Waals surface area contributed by atoms with E-state index in [1.807, 2.05) is 12.1 Å². The third-order valence-corrected chi connectivity index (χ3v) is 3.54. The van der Waals surface area contributed by atoms with Gasteiger partial charge in [-0.05, 0) is 46.2 Å². The van der Waals surface area contributed by atoms with Crippen LogP contribution in [0.1, 0.15) is 41.0 Å². The van der Waals surface area contributed by atoms with E-state index in [1.165, 1.54) is 0 Å². The second-order valence-corrected chi connectivity index (χ2v) is 7.01. The molecule has 1 fully saturated rings. The SMILES string of the molecule is CCCOc1cccc(N2CC(C)(C)OC(C)(C)C2)c1N. The lowest BCUT2D eigenvalue weighted by Gasteiger charge is -2.48. The molecule has 1 aliphatic heterocycles. The van der Waals surface area contributed by atoms with Crippen molar-refractivity contribution in [1.29, 1.82) is 0 Å². The van der Waals surface area contributed by atoms with Crippen LogP contribution in [0.4, 0.5) is 11.4 Å². The van der Waals surface area contributed by atoms with Gasteiger partial charge >= 0.3 is 0 Å². The molecule has 2 N–H and O–H groups in total. The minimum atomic E-state index is -0.200. The predicted molar refractivity (Wildman–Crippen MR) is 88.1 cm³/mol. The van der Waals surface area contributed by atoms with Crippen LogP contribution in [-0.4, -0.2) is 30.9 Å². The topological polar surface area (TPSA) is 47.7 Å². The lowest BCUT2D eigenvalue weighted by molar-refractivity contribution is -0.133. The van der Waals surface area contributed by atoms with Gasteiger partial charge in [-0.15, -0.1) is 0 Å². The first-order valence-corrected chi connectivity index (χ1v) is 7.70. The van der Waals surface area contributed by atoms with Crippen molar-refractivity contribution in [3.63, 3.8) is 0 Å². The van der Waals surface area contributed by atoms with Gasteiger partial charge in [-0.1, -0.05) is 13.0 Å². The maximum absolute atomic E-state index is 6.32. The Morgan fingerprint density at radius 1 is 1.19 bits per heavy atom. The van der Waals surface area contributed by atoms with Crippen LogP contribution in [0.25, 0.3) is 0 Å². The van der Waals surface area contributed by atoms with Gasteiger partial charge in [0.15, 0.2) is 0 Å². The van der Waals surface area contributed by atoms with Crippen LogP contribution in [0, 0.1) is 0 Å². The summed E-state index contributed by atoms with van der Waals surface area (Å²) in [6.45, 7) is 12.9. The summed E-state index contributed by atoms with van der Waals surface area (Å²) in [4.78, 5) is 2.30. The van der Waals surface area contributed by atoms with Crippen LogP contribution in [-0.2, 0) is 4.74 Å². The van der Waals surface area contributed by atoms with Crippen molar-refractivity contribution in [1.82, 2.24) is 0 Å². The molecule has 1 saturated heterocycles. The molecule has 0 atom stereocenters. The highest BCUT2D eigenvalue weighted by Crippen LogP contribution is 2.37. The van der Waals surface area contributed by atoms with E-state index in [0.717, 1.165) is 36.6 Å². The molecule has 1 aromatic carbocycles. The zero-order valence-corrected chi connectivity index (χ0v) is 13.9. The van der Waals surface area contributed by atoms with Gasteiger partial charge in [0.2, 0.25) is 0 Å². The smallest absolute Gasteiger partial charge is 0.144 e. The number of hydrogen-bond donors (Lipinski definition) is 1. The van der Waals surface area contributed by atoms with Crippen molar-refractivity contribution in [3.05, 3.63) is 18.2 Å². The van der Waals surface area contributed by atoms with E-state index in [1.54, 1.807) is 0 Å². The van der Waals surface area contributed by atoms with Gasteiger partial charge in [-0.2, -0.15) is 0 Å². The van der Waals surface area contributed by atoms with E-state index >= 15 is 0 Å². The molecule has 1 heterocycles. The number of morpholine rings is 1. The molecule has 2 rings (SSSR count). The summed E-state index contributed by atoms with van der Waals surface area (Å²) in [7, 11) is 0. The number of ether oxygens (including phenoxy) is 2. The number of benzene rings is 1. The zero-order valence-electron chi connectivity index (χ0n) is 13.9. The molecule has 1 aliphatic rings. The molecular weight excluding hydrogens is 264 g/mol. The number of anilines is 2. The van der Waals surface area contributed by atoms with Gasteiger partial charge in [-0.3, -0.25) is 0 Å². The number of hydrogen-bond acceptors (Lipinski definition) is 4. The Labute approximate surface area is 128 Å². The number of nitrogen functional groups attached to an aromatic ring is 1. The first kappa shape index (κ1) is 16.0. The number of para-hydroxylation sites is 1. The molecule has 4 heteroatoms. The molecule has 0 saturated carbocycles. The minimum absolute atomic E-state index is 0.200. The molecule has 0 amide bonds. The van der Waals surface area contributed by atoms with Crippen LogP contribution in [0.2, 0.25) is 0 Å². The van der Waals surface area contributed by atoms with E-state index in [0.29, 0.717) is 6.61 Å². The third kappa shape index (κ3) is 3.82. The first-order chi connectivity index (χ1) is 9.74. The van der Waals surface area contributed by atoms with Gasteiger partial charge in [0.05, 0.1) is 29.2 Å². The van der Waals surface area contributed by atoms with Gasteiger partial charge < -0.3 is 20.1 Å². The highest BCUT2D eigenvalue weighted by Gasteiger charge is 2.38. The summed E-state index contributed by atoms with van der Waals surface area (Å²) < 4.78 is 11.9. The zero-order chi connectivity index (χ0) is 15.7. The number of nitrogens with two attached hydrogens (primary N) is 1. The highest BCUT2D eigenvalue weighted by molar-refractivity contribution is 5.74. The molecule has 21 heavy (non-hydrogen) atoms. The minimum Gasteiger partial charge on any atom is -0.491 e. The Hall–Kier alpha value is -1.42. The second kappa shape index (κ2) is 5.76. The summed E-state index contributed by atoms with van der Waals surface area (Å²) in [6, 6.07) is 6.00. The van der Waals surface area contributed by atoms with E-state index in [4.69, 9.17) is 15.2 Å². The Bertz CT molecular complexity index is 482. The largest absolute Gasteiger partial charge is 0.491 e. The predicted octanol–water partition coefficient (Wildman–Crippen LogP) is 3.45. The third-order valence-electron chi connectivity index (χ3n) is 3.54. The fourth-order valence-corrected chi connectivity index (χ4v) is 3.10. The van der Waals surface area contributed by atoms with Crippen LogP contribution < -0.4 is 15.4 Å². The summed E-state index contributed by atoms with van der Waals surface area (Å²) in [5, 5.41) is 0. The van der Waals surface area contributed by atoms with E-state index in [2.05, 4.69) is 45.6 Å². The van der Waals surface area contributed by atoms with Gasteiger partial charge in [0.1, 0.15) is 5.75 Å². The molecule has 0 radical (unpaired) electrons. The summed E-state index contributed by atoms with van der Waals surface area (Å²) in [5.74, 6) is 0.774. The molecule has 1 aromatic rings. The van der Waals surface area contributed by atoms with Crippen molar-refractivity contribution in [3.8, 4) is 5.75 Å². The van der Waals surface area contributed by atoms with Gasteiger partial charge in [-0.25, -0.2) is 0 Å². The Morgan fingerprint density at radius 3 is 2.38 bits per heavy atom. The van der Waals surface area contributed by atoms with Crippen LogP contribution in [0.5, 0.6) is 5.75 Å². The van der Waals surface area contributed by atoms with Crippen molar-refractivity contribution in [2.24, 2.45) is 0 Å². The van der Waals surface area contributed by atoms with Crippen molar-refractivity contribution < 1.29 is 9.47 Å². The molecule has 0 bridgehead atoms. The fraction of sp³-hybridized carbons (Fsp3) is 0.647. The Kier molecular flexibility index (Phi) is 4.38. The van der Waals surface area contributed by atoms with E-state index in [9.17, 15) is 0 Å². The van der Waals surface area contributed by atoms with E-state index < -0.39 is 0 Å². The maximum atomic E-state index is 6.32. The standard InChI is InChI=1S/C17H28N2O2/c1-6-10-20-14-9-7-8-13(15(14)18)19-11-16(2,3)21-17(4,5)12-19/h7-9H,6,10-12,18H2,1-5H3. The fourth-order valence-electron chi connectivity index (χ4n) is 3.10. The van der Waals surface area contributed by atoms with Gasteiger partial charge in [0.25, 0.3) is 0 Å². The molecule has 0 unspecified atom stereocenters. The summed E-state index contributed by atoms with van der Waals surface area (Å²) in [6.07, 6.45) is 0.973. The molecule has 0 aromatic heterocycles. The van der Waals surface area contributed by atoms with E-state index in [-0.39, 0.29) is 11.2 Å². The number of rotatable bonds is 4. The quantitative estimate of drug-likeness (QED) is 0.863. The molecular formula is C17H28N2O2. The van der Waals surface area contributed by atoms with Crippen LogP contribution in [0.15, 0.2) is 18.2 Å². The molecule has 118 valence electrons. The lowest BCUT2D eigenvalue weighted by Crippen LogP contribution is -2.57. The molecule has 0 aliphatic carbocycles. The lowest BCUT2D eigenvalue weighted by atomic mass is 9.98. The average Bonchev–Trinajstić information content (AvgIpc) is 2.33. The van der Waals surface area contributed by atoms with Crippen molar-refractivity contribution in [2.45, 2.75) is 52.2 Å². The van der Waals surface area contributed by atoms with Gasteiger partial charge in [0, 0.05) is 13.1 Å². The van der Waals surface area contributed by atoms with Crippen LogP contribution >= 0.6 is 0 Å². The second-order valence-electron chi connectivity index (χ2n) is 7.01. The summed E-state index contributed by atoms with van der Waals surface area (Å²) in [5.41, 5.74) is 7.68. The normalized spacial score (nSPS) is 20.3. The number of nitrogens with zero attached hydrogens (tertiary/aromatic N) is 1. The molecule has 0 spiro atoms. The highest BCUT2D eigenvalue weighted by atomic mass is 16.5. The average molecular weight is 292 g/mol. The van der Waals surface area contributed by atoms with Crippen molar-refractivity contribution in [2.75, 3.05) is 30.3 Å². The first-order valence-electron chi connectivity index (χ1n) is 7.70. The van der Waals surface area contributed by atoms with Crippen LogP contribution in [0.3, 0.4) is 0 Å². The van der Waals surface area contributed by atoms with Crippen molar-refractivity contribution >= 4 is 11.4 Å². The molecule has 4 nitrogen and oxygen atoms in total. The Balaban J connectivity index is 2.28. The Morgan fingerprint density at radius 2 is 1.81 bits per heavy atom. The maximum Gasteiger partial charge on any atom is 0.144 e.